The first-order valence-corrected chi connectivity index (χ1v) is 7.88. The Balaban J connectivity index is 1.94. The molecular weight excluding hydrogens is 280 g/mol. The fourth-order valence-corrected chi connectivity index (χ4v) is 3.06. The second kappa shape index (κ2) is 5.73. The Morgan fingerprint density at radius 3 is 2.22 bits per heavy atom. The van der Waals surface area contributed by atoms with Crippen LogP contribution in [0.3, 0.4) is 0 Å². The number of benzene rings is 3. The number of aromatic nitrogens is 2. The Hall–Kier alpha value is -2.87. The molecule has 1 heterocycles. The number of aryl methyl sites for hydroxylation is 1. The van der Waals surface area contributed by atoms with Gasteiger partial charge in [0, 0.05) is 10.9 Å². The molecule has 0 atom stereocenters. The average Bonchev–Trinajstić information content (AvgIpc) is 2.96. The quantitative estimate of drug-likeness (QED) is 0.517. The highest BCUT2D eigenvalue weighted by molar-refractivity contribution is 5.95. The van der Waals surface area contributed by atoms with Gasteiger partial charge in [0.15, 0.2) is 0 Å². The zero-order valence-electron chi connectivity index (χ0n) is 13.1. The first kappa shape index (κ1) is 13.8. The van der Waals surface area contributed by atoms with E-state index in [9.17, 15) is 0 Å². The van der Waals surface area contributed by atoms with E-state index in [0.29, 0.717) is 0 Å². The van der Waals surface area contributed by atoms with Gasteiger partial charge < -0.3 is 0 Å². The average molecular weight is 298 g/mol. The highest BCUT2D eigenvalue weighted by atomic mass is 15.3. The third kappa shape index (κ3) is 2.53. The van der Waals surface area contributed by atoms with Gasteiger partial charge >= 0.3 is 0 Å². The van der Waals surface area contributed by atoms with Gasteiger partial charge in [-0.1, -0.05) is 78.9 Å². The highest BCUT2D eigenvalue weighted by Crippen LogP contribution is 2.30. The maximum Gasteiger partial charge on any atom is 0.0959 e. The van der Waals surface area contributed by atoms with Crippen LogP contribution in [0.1, 0.15) is 11.1 Å². The van der Waals surface area contributed by atoms with Crippen LogP contribution >= 0.6 is 0 Å². The molecule has 1 aromatic heterocycles. The van der Waals surface area contributed by atoms with Crippen molar-refractivity contribution in [2.75, 3.05) is 0 Å². The van der Waals surface area contributed by atoms with Crippen molar-refractivity contribution in [1.29, 1.82) is 0 Å². The first-order chi connectivity index (χ1) is 11.3. The van der Waals surface area contributed by atoms with Crippen molar-refractivity contribution in [3.63, 3.8) is 0 Å². The van der Waals surface area contributed by atoms with Gasteiger partial charge in [-0.05, 0) is 18.1 Å². The van der Waals surface area contributed by atoms with Gasteiger partial charge in [-0.2, -0.15) is 5.10 Å². The van der Waals surface area contributed by atoms with Gasteiger partial charge in [0.05, 0.1) is 17.8 Å². The Kier molecular flexibility index (Phi) is 3.43. The second-order valence-electron chi connectivity index (χ2n) is 5.83. The summed E-state index contributed by atoms with van der Waals surface area (Å²) in [5, 5.41) is 6.12. The molecule has 0 aliphatic heterocycles. The monoisotopic (exact) mass is 298 g/mol. The SMILES string of the molecule is Cc1cccc2c(-c3ccccc3)n(Cc3ccccc3)nc12. The summed E-state index contributed by atoms with van der Waals surface area (Å²) in [5.41, 5.74) is 5.95. The van der Waals surface area contributed by atoms with Gasteiger partial charge in [0.2, 0.25) is 0 Å². The number of hydrogen-bond donors (Lipinski definition) is 0. The second-order valence-corrected chi connectivity index (χ2v) is 5.83. The van der Waals surface area contributed by atoms with E-state index in [-0.39, 0.29) is 0 Å². The molecule has 0 saturated carbocycles. The van der Waals surface area contributed by atoms with E-state index in [1.54, 1.807) is 0 Å². The Morgan fingerprint density at radius 2 is 1.48 bits per heavy atom. The maximum atomic E-state index is 4.90. The molecular formula is C21H18N2. The largest absolute Gasteiger partial charge is 0.259 e. The number of hydrogen-bond acceptors (Lipinski definition) is 1. The van der Waals surface area contributed by atoms with E-state index >= 15 is 0 Å². The normalized spacial score (nSPS) is 11.0. The Bertz CT molecular complexity index is 938. The molecule has 0 fully saturated rings. The lowest BCUT2D eigenvalue weighted by Crippen LogP contribution is -2.03. The standard InChI is InChI=1S/C21H18N2/c1-16-9-8-14-19-20(16)22-23(15-17-10-4-2-5-11-17)21(19)18-12-6-3-7-13-18/h2-14H,15H2,1H3. The molecule has 0 bridgehead atoms. The summed E-state index contributed by atoms with van der Waals surface area (Å²) in [6.45, 7) is 2.90. The molecule has 4 rings (SSSR count). The van der Waals surface area contributed by atoms with Crippen LogP contribution in [0.15, 0.2) is 78.9 Å². The van der Waals surface area contributed by atoms with Crippen molar-refractivity contribution in [2.24, 2.45) is 0 Å². The van der Waals surface area contributed by atoms with E-state index in [4.69, 9.17) is 5.10 Å². The molecule has 112 valence electrons. The summed E-state index contributed by atoms with van der Waals surface area (Å²) in [4.78, 5) is 0. The summed E-state index contributed by atoms with van der Waals surface area (Å²) < 4.78 is 2.13. The van der Waals surface area contributed by atoms with E-state index < -0.39 is 0 Å². The predicted octanol–water partition coefficient (Wildman–Crippen LogP) is 5.06. The van der Waals surface area contributed by atoms with Crippen LogP contribution < -0.4 is 0 Å². The summed E-state index contributed by atoms with van der Waals surface area (Å²) in [7, 11) is 0. The van der Waals surface area contributed by atoms with Gasteiger partial charge in [-0.25, -0.2) is 0 Å². The molecule has 0 aliphatic rings. The molecule has 2 nitrogen and oxygen atoms in total. The molecule has 0 unspecified atom stereocenters. The van der Waals surface area contributed by atoms with Gasteiger partial charge in [-0.15, -0.1) is 0 Å². The van der Waals surface area contributed by atoms with Crippen LogP contribution in [-0.2, 0) is 6.54 Å². The van der Waals surface area contributed by atoms with Crippen molar-refractivity contribution in [1.82, 2.24) is 9.78 Å². The Labute approximate surface area is 136 Å². The van der Waals surface area contributed by atoms with Crippen LogP contribution in [0.2, 0.25) is 0 Å². The van der Waals surface area contributed by atoms with Crippen molar-refractivity contribution in [3.05, 3.63) is 90.0 Å². The topological polar surface area (TPSA) is 17.8 Å². The van der Waals surface area contributed by atoms with Gasteiger partial charge in [0.1, 0.15) is 0 Å². The molecule has 2 heteroatoms. The van der Waals surface area contributed by atoms with Crippen molar-refractivity contribution in [2.45, 2.75) is 13.5 Å². The van der Waals surface area contributed by atoms with Crippen LogP contribution in [0.5, 0.6) is 0 Å². The number of rotatable bonds is 3. The summed E-state index contributed by atoms with van der Waals surface area (Å²) >= 11 is 0. The molecule has 0 spiro atoms. The van der Waals surface area contributed by atoms with Crippen LogP contribution in [0.25, 0.3) is 22.2 Å². The molecule has 23 heavy (non-hydrogen) atoms. The number of fused-ring (bicyclic) bond motifs is 1. The minimum absolute atomic E-state index is 0.777. The number of nitrogens with zero attached hydrogens (tertiary/aromatic N) is 2. The molecule has 0 amide bonds. The zero-order valence-corrected chi connectivity index (χ0v) is 13.1. The van der Waals surface area contributed by atoms with Crippen molar-refractivity contribution in [3.8, 4) is 11.3 Å². The smallest absolute Gasteiger partial charge is 0.0959 e. The van der Waals surface area contributed by atoms with Gasteiger partial charge in [0.25, 0.3) is 0 Å². The minimum atomic E-state index is 0.777. The van der Waals surface area contributed by atoms with E-state index in [1.165, 1.54) is 27.8 Å². The van der Waals surface area contributed by atoms with E-state index in [0.717, 1.165) is 12.1 Å². The lowest BCUT2D eigenvalue weighted by Gasteiger charge is -2.08. The molecule has 0 aliphatic carbocycles. The molecule has 0 saturated heterocycles. The summed E-state index contributed by atoms with van der Waals surface area (Å²) in [5.74, 6) is 0. The molecule has 3 aromatic carbocycles. The minimum Gasteiger partial charge on any atom is -0.259 e. The van der Waals surface area contributed by atoms with E-state index in [2.05, 4.69) is 84.4 Å². The molecule has 0 N–H and O–H groups in total. The van der Waals surface area contributed by atoms with E-state index in [1.807, 2.05) is 6.07 Å². The Morgan fingerprint density at radius 1 is 0.783 bits per heavy atom. The highest BCUT2D eigenvalue weighted by Gasteiger charge is 2.14. The van der Waals surface area contributed by atoms with Crippen LogP contribution in [-0.4, -0.2) is 9.78 Å². The fraction of sp³-hybridized carbons (Fsp3) is 0.0952. The third-order valence-electron chi connectivity index (χ3n) is 4.19. The summed E-state index contributed by atoms with van der Waals surface area (Å²) in [6.07, 6.45) is 0. The zero-order chi connectivity index (χ0) is 15.6. The predicted molar refractivity (Wildman–Crippen MR) is 95.5 cm³/mol. The van der Waals surface area contributed by atoms with Gasteiger partial charge in [-0.3, -0.25) is 4.68 Å². The first-order valence-electron chi connectivity index (χ1n) is 7.88. The summed E-state index contributed by atoms with van der Waals surface area (Å²) in [6, 6.07) is 27.4. The molecule has 4 aromatic rings. The lowest BCUT2D eigenvalue weighted by molar-refractivity contribution is 0.703. The van der Waals surface area contributed by atoms with Crippen LogP contribution in [0.4, 0.5) is 0 Å². The van der Waals surface area contributed by atoms with Crippen LogP contribution in [0, 0.1) is 6.92 Å². The maximum absolute atomic E-state index is 4.90. The lowest BCUT2D eigenvalue weighted by atomic mass is 10.1. The third-order valence-corrected chi connectivity index (χ3v) is 4.19. The molecule has 0 radical (unpaired) electrons. The van der Waals surface area contributed by atoms with Crippen molar-refractivity contribution < 1.29 is 0 Å². The van der Waals surface area contributed by atoms with Crippen molar-refractivity contribution >= 4 is 10.9 Å². The fourth-order valence-electron chi connectivity index (χ4n) is 3.06.